The van der Waals surface area contributed by atoms with Gasteiger partial charge in [-0.25, -0.2) is 8.42 Å². The number of ether oxygens (including phenoxy) is 1. The van der Waals surface area contributed by atoms with Crippen LogP contribution in [0.4, 0.5) is 11.4 Å². The first-order chi connectivity index (χ1) is 13.4. The average Bonchev–Trinajstić information content (AvgIpc) is 2.69. The van der Waals surface area contributed by atoms with E-state index in [9.17, 15) is 13.2 Å². The van der Waals surface area contributed by atoms with Gasteiger partial charge in [-0.2, -0.15) is 0 Å². The number of rotatable bonds is 6. The van der Waals surface area contributed by atoms with E-state index in [1.807, 2.05) is 6.07 Å². The summed E-state index contributed by atoms with van der Waals surface area (Å²) in [7, 11) is -2.60. The van der Waals surface area contributed by atoms with Gasteiger partial charge in [-0.3, -0.25) is 9.52 Å². The van der Waals surface area contributed by atoms with E-state index < -0.39 is 15.9 Å². The summed E-state index contributed by atoms with van der Waals surface area (Å²) >= 11 is 3.27. The molecule has 0 radical (unpaired) electrons. The smallest absolute Gasteiger partial charge is 0.265 e. The van der Waals surface area contributed by atoms with E-state index in [0.29, 0.717) is 10.2 Å². The lowest BCUT2D eigenvalue weighted by molar-refractivity contribution is 0.102. The van der Waals surface area contributed by atoms with Crippen molar-refractivity contribution < 1.29 is 17.9 Å². The Balaban J connectivity index is 1.93. The maximum atomic E-state index is 12.9. The number of methoxy groups -OCH3 is 1. The number of sulfonamides is 1. The monoisotopic (exact) mass is 460 g/mol. The lowest BCUT2D eigenvalue weighted by Gasteiger charge is -2.14. The fraction of sp³-hybridized carbons (Fsp3) is 0.0500. The molecule has 0 saturated heterocycles. The molecule has 0 unspecified atom stereocenters. The maximum Gasteiger partial charge on any atom is 0.265 e. The first kappa shape index (κ1) is 19.9. The van der Waals surface area contributed by atoms with Crippen LogP contribution in [0.15, 0.2) is 82.2 Å². The Kier molecular flexibility index (Phi) is 6.01. The first-order valence-corrected chi connectivity index (χ1v) is 10.5. The van der Waals surface area contributed by atoms with Gasteiger partial charge in [0.2, 0.25) is 0 Å². The predicted octanol–water partition coefficient (Wildman–Crippen LogP) is 4.51. The predicted molar refractivity (Wildman–Crippen MR) is 112 cm³/mol. The fourth-order valence-corrected chi connectivity index (χ4v) is 4.34. The van der Waals surface area contributed by atoms with Crippen molar-refractivity contribution in [3.05, 3.63) is 82.8 Å². The van der Waals surface area contributed by atoms with Crippen LogP contribution < -0.4 is 14.8 Å². The molecule has 0 bridgehead atoms. The molecule has 28 heavy (non-hydrogen) atoms. The highest BCUT2D eigenvalue weighted by molar-refractivity contribution is 9.10. The van der Waals surface area contributed by atoms with Crippen molar-refractivity contribution in [1.29, 1.82) is 0 Å². The highest BCUT2D eigenvalue weighted by Crippen LogP contribution is 2.30. The topological polar surface area (TPSA) is 84.5 Å². The number of hydrogen-bond acceptors (Lipinski definition) is 4. The second kappa shape index (κ2) is 8.45. The van der Waals surface area contributed by atoms with Crippen LogP contribution in [0.25, 0.3) is 0 Å². The highest BCUT2D eigenvalue weighted by Gasteiger charge is 2.22. The molecule has 0 spiro atoms. The highest BCUT2D eigenvalue weighted by atomic mass is 79.9. The number of nitrogens with one attached hydrogen (secondary N) is 2. The number of para-hydroxylation sites is 2. The van der Waals surface area contributed by atoms with Crippen molar-refractivity contribution >= 4 is 43.2 Å². The summed E-state index contributed by atoms with van der Waals surface area (Å²) < 4.78 is 34.1. The fourth-order valence-electron chi connectivity index (χ4n) is 2.55. The largest absolute Gasteiger partial charge is 0.495 e. The summed E-state index contributed by atoms with van der Waals surface area (Å²) in [6.45, 7) is 0. The lowest BCUT2D eigenvalue weighted by Crippen LogP contribution is -2.19. The normalized spacial score (nSPS) is 10.9. The molecule has 0 heterocycles. The Morgan fingerprint density at radius 2 is 1.64 bits per heavy atom. The molecule has 0 atom stereocenters. The zero-order chi connectivity index (χ0) is 20.1. The number of halogens is 1. The van der Waals surface area contributed by atoms with Crippen LogP contribution >= 0.6 is 15.9 Å². The summed E-state index contributed by atoms with van der Waals surface area (Å²) in [5.74, 6) is -0.229. The maximum absolute atomic E-state index is 12.9. The molecular formula is C20H17BrN2O4S. The van der Waals surface area contributed by atoms with E-state index in [0.717, 1.165) is 0 Å². The van der Waals surface area contributed by atoms with Crippen molar-refractivity contribution in [1.82, 2.24) is 0 Å². The summed E-state index contributed by atoms with van der Waals surface area (Å²) in [6, 6.07) is 20.0. The van der Waals surface area contributed by atoms with E-state index in [1.165, 1.54) is 19.2 Å². The molecule has 2 N–H and O–H groups in total. The second-order valence-electron chi connectivity index (χ2n) is 5.77. The Labute approximate surface area is 171 Å². The van der Waals surface area contributed by atoms with Gasteiger partial charge in [-0.05, 0) is 42.5 Å². The molecule has 0 aliphatic heterocycles. The number of carbonyl (C=O) groups excluding carboxylic acids is 1. The van der Waals surface area contributed by atoms with Crippen molar-refractivity contribution in [2.75, 3.05) is 17.1 Å². The van der Waals surface area contributed by atoms with Gasteiger partial charge in [0.15, 0.2) is 0 Å². The molecule has 0 aromatic heterocycles. The minimum atomic E-state index is -3.99. The van der Waals surface area contributed by atoms with Crippen molar-refractivity contribution in [2.24, 2.45) is 0 Å². The molecule has 144 valence electrons. The molecular weight excluding hydrogens is 444 g/mol. The standard InChI is InChI=1S/C20H17BrN2O4S/c1-27-18-12-11-14(21)13-19(18)28(25,26)23-17-10-6-5-9-16(17)20(24)22-15-7-3-2-4-8-15/h2-13,23H,1H3,(H,22,24). The minimum absolute atomic E-state index is 0.0392. The Bertz CT molecular complexity index is 1100. The Morgan fingerprint density at radius 3 is 2.36 bits per heavy atom. The summed E-state index contributed by atoms with van der Waals surface area (Å²) in [4.78, 5) is 12.6. The number of hydrogen-bond donors (Lipinski definition) is 2. The Morgan fingerprint density at radius 1 is 0.964 bits per heavy atom. The summed E-state index contributed by atoms with van der Waals surface area (Å²) in [6.07, 6.45) is 0. The molecule has 0 fully saturated rings. The van der Waals surface area contributed by atoms with Crippen molar-refractivity contribution in [3.63, 3.8) is 0 Å². The van der Waals surface area contributed by atoms with Gasteiger partial charge < -0.3 is 10.1 Å². The van der Waals surface area contributed by atoms with Gasteiger partial charge in [-0.15, -0.1) is 0 Å². The average molecular weight is 461 g/mol. The van der Waals surface area contributed by atoms with Crippen LogP contribution in [0.3, 0.4) is 0 Å². The van der Waals surface area contributed by atoms with Crippen LogP contribution in [0.5, 0.6) is 5.75 Å². The SMILES string of the molecule is COc1ccc(Br)cc1S(=O)(=O)Nc1ccccc1C(=O)Nc1ccccc1. The second-order valence-corrected chi connectivity index (χ2v) is 8.33. The molecule has 3 aromatic rings. The molecule has 1 amide bonds. The van der Waals surface area contributed by atoms with Crippen LogP contribution in [0.2, 0.25) is 0 Å². The Hall–Kier alpha value is -2.84. The van der Waals surface area contributed by atoms with Crippen LogP contribution in [-0.4, -0.2) is 21.4 Å². The zero-order valence-electron chi connectivity index (χ0n) is 14.8. The third-order valence-electron chi connectivity index (χ3n) is 3.86. The van der Waals surface area contributed by atoms with Crippen LogP contribution in [0, 0.1) is 0 Å². The molecule has 6 nitrogen and oxygen atoms in total. The van der Waals surface area contributed by atoms with Crippen LogP contribution in [-0.2, 0) is 10.0 Å². The summed E-state index contributed by atoms with van der Waals surface area (Å²) in [5, 5.41) is 2.75. The number of anilines is 2. The van der Waals surface area contributed by atoms with Crippen molar-refractivity contribution in [3.8, 4) is 5.75 Å². The quantitative estimate of drug-likeness (QED) is 0.566. The number of benzene rings is 3. The van der Waals surface area contributed by atoms with Gasteiger partial charge >= 0.3 is 0 Å². The van der Waals surface area contributed by atoms with E-state index >= 15 is 0 Å². The third kappa shape index (κ3) is 4.52. The number of amides is 1. The van der Waals surface area contributed by atoms with Gasteiger partial charge in [0.1, 0.15) is 10.6 Å². The minimum Gasteiger partial charge on any atom is -0.495 e. The number of carbonyl (C=O) groups is 1. The van der Waals surface area contributed by atoms with E-state index in [-0.39, 0.29) is 21.9 Å². The molecule has 0 aliphatic carbocycles. The molecule has 0 aliphatic rings. The lowest BCUT2D eigenvalue weighted by atomic mass is 10.1. The van der Waals surface area contributed by atoms with E-state index in [4.69, 9.17) is 4.74 Å². The van der Waals surface area contributed by atoms with E-state index in [1.54, 1.807) is 54.6 Å². The molecule has 8 heteroatoms. The first-order valence-electron chi connectivity index (χ1n) is 8.22. The van der Waals surface area contributed by atoms with Gasteiger partial charge in [0.05, 0.1) is 18.4 Å². The molecule has 0 saturated carbocycles. The van der Waals surface area contributed by atoms with Gasteiger partial charge in [0.25, 0.3) is 15.9 Å². The summed E-state index contributed by atoms with van der Waals surface area (Å²) in [5.41, 5.74) is 0.973. The van der Waals surface area contributed by atoms with Gasteiger partial charge in [-0.1, -0.05) is 46.3 Å². The molecule has 3 aromatic carbocycles. The van der Waals surface area contributed by atoms with E-state index in [2.05, 4.69) is 26.0 Å². The van der Waals surface area contributed by atoms with Crippen molar-refractivity contribution in [2.45, 2.75) is 4.90 Å². The van der Waals surface area contributed by atoms with Gasteiger partial charge in [0, 0.05) is 10.2 Å². The third-order valence-corrected chi connectivity index (χ3v) is 5.74. The molecule has 3 rings (SSSR count). The van der Waals surface area contributed by atoms with Crippen LogP contribution in [0.1, 0.15) is 10.4 Å². The zero-order valence-corrected chi connectivity index (χ0v) is 17.2.